The smallest absolute Gasteiger partial charge is 0.290 e. The fourth-order valence-electron chi connectivity index (χ4n) is 4.76. The summed E-state index contributed by atoms with van der Waals surface area (Å²) in [6.45, 7) is 6.27. The fraction of sp³-hybridized carbons (Fsp3) is 0.333. The van der Waals surface area contributed by atoms with Crippen LogP contribution in [0, 0.1) is 13.8 Å². The Hall–Kier alpha value is -3.72. The van der Waals surface area contributed by atoms with Crippen LogP contribution in [-0.4, -0.2) is 63.4 Å². The number of hydrogen-bond acceptors (Lipinski definition) is 7. The molecule has 6 rings (SSSR count). The van der Waals surface area contributed by atoms with E-state index in [0.29, 0.717) is 55.8 Å². The summed E-state index contributed by atoms with van der Waals surface area (Å²) in [5.74, 6) is 1.68. The number of nitrogens with zero attached hydrogens (tertiary/aromatic N) is 5. The number of morpholine rings is 1. The molecule has 5 heterocycles. The number of aromatic nitrogens is 4. The van der Waals surface area contributed by atoms with Gasteiger partial charge in [-0.3, -0.25) is 9.78 Å². The number of amides is 1. The third-order valence-corrected chi connectivity index (χ3v) is 6.32. The molecule has 1 atom stereocenters. The molecule has 3 aromatic heterocycles. The largest absolute Gasteiger partial charge is 0.488 e. The number of rotatable bonds is 3. The van der Waals surface area contributed by atoms with E-state index in [1.54, 1.807) is 11.1 Å². The molecule has 33 heavy (non-hydrogen) atoms. The highest BCUT2D eigenvalue weighted by Gasteiger charge is 2.35. The molecule has 1 aromatic carbocycles. The Morgan fingerprint density at radius 3 is 2.70 bits per heavy atom. The number of benzene rings is 1. The van der Waals surface area contributed by atoms with E-state index < -0.39 is 0 Å². The minimum Gasteiger partial charge on any atom is -0.488 e. The maximum Gasteiger partial charge on any atom is 0.290 e. The van der Waals surface area contributed by atoms with Crippen LogP contribution in [0.5, 0.6) is 5.75 Å². The Kier molecular flexibility index (Phi) is 4.65. The first-order valence-electron chi connectivity index (χ1n) is 11.0. The Balaban J connectivity index is 1.59. The fourth-order valence-corrected chi connectivity index (χ4v) is 4.76. The average Bonchev–Trinajstić information content (AvgIpc) is 3.41. The first-order chi connectivity index (χ1) is 16.1. The molecule has 0 radical (unpaired) electrons. The summed E-state index contributed by atoms with van der Waals surface area (Å²) in [7, 11) is 0. The minimum absolute atomic E-state index is 0.109. The number of ether oxygens (including phenoxy) is 2. The second kappa shape index (κ2) is 7.70. The van der Waals surface area contributed by atoms with Crippen LogP contribution < -0.4 is 4.74 Å². The van der Waals surface area contributed by atoms with Crippen LogP contribution in [0.25, 0.3) is 22.2 Å². The van der Waals surface area contributed by atoms with Crippen LogP contribution in [0.15, 0.2) is 41.1 Å². The van der Waals surface area contributed by atoms with Crippen molar-refractivity contribution in [2.75, 3.05) is 32.9 Å². The molecular formula is C24H23N5O4. The lowest BCUT2D eigenvalue weighted by molar-refractivity contribution is 0.0290. The molecule has 0 unspecified atom stereocenters. The van der Waals surface area contributed by atoms with E-state index in [0.717, 1.165) is 28.0 Å². The number of carbonyl (C=O) groups is 1. The topological polar surface area (TPSA) is 95.5 Å². The van der Waals surface area contributed by atoms with E-state index in [-0.39, 0.29) is 11.9 Å². The van der Waals surface area contributed by atoms with E-state index in [9.17, 15) is 4.79 Å². The number of imidazole rings is 1. The van der Waals surface area contributed by atoms with E-state index in [2.05, 4.69) is 10.1 Å². The highest BCUT2D eigenvalue weighted by molar-refractivity contribution is 5.99. The molecule has 0 saturated carbocycles. The Labute approximate surface area is 189 Å². The summed E-state index contributed by atoms with van der Waals surface area (Å²) in [6.07, 6.45) is 1.75. The minimum atomic E-state index is -0.274. The van der Waals surface area contributed by atoms with Crippen molar-refractivity contribution in [3.63, 3.8) is 0 Å². The highest BCUT2D eigenvalue weighted by atomic mass is 16.5. The van der Waals surface area contributed by atoms with Gasteiger partial charge in [0.2, 0.25) is 5.82 Å². The van der Waals surface area contributed by atoms with Crippen molar-refractivity contribution in [1.29, 1.82) is 0 Å². The Morgan fingerprint density at radius 1 is 1.12 bits per heavy atom. The van der Waals surface area contributed by atoms with Gasteiger partial charge in [-0.25, -0.2) is 4.98 Å². The molecule has 4 aromatic rings. The molecule has 2 aliphatic heterocycles. The lowest BCUT2D eigenvalue weighted by Crippen LogP contribution is -2.42. The monoisotopic (exact) mass is 445 g/mol. The summed E-state index contributed by atoms with van der Waals surface area (Å²) in [5, 5.41) is 4.11. The standard InChI is InChI=1S/C24H23N5O4/c1-14-20(15(2)33-27-14)16-6-7-18-21-22(16)32-13-19(17-5-3-4-8-25-17)29(21)23(26-18)24(30)28-9-11-31-12-10-28/h3-8,19H,9-13H2,1-2H3/t19-/m1/s1. The van der Waals surface area contributed by atoms with Crippen molar-refractivity contribution >= 4 is 16.9 Å². The molecule has 9 heteroatoms. The van der Waals surface area contributed by atoms with Crippen LogP contribution in [0.4, 0.5) is 0 Å². The van der Waals surface area contributed by atoms with E-state index >= 15 is 0 Å². The van der Waals surface area contributed by atoms with Gasteiger partial charge >= 0.3 is 0 Å². The highest BCUT2D eigenvalue weighted by Crippen LogP contribution is 2.44. The molecule has 9 nitrogen and oxygen atoms in total. The van der Waals surface area contributed by atoms with Crippen LogP contribution in [0.3, 0.4) is 0 Å². The zero-order valence-corrected chi connectivity index (χ0v) is 18.4. The second-order valence-electron chi connectivity index (χ2n) is 8.30. The molecule has 0 aliphatic carbocycles. The molecule has 0 spiro atoms. The number of hydrogen-bond donors (Lipinski definition) is 0. The summed E-state index contributed by atoms with van der Waals surface area (Å²) < 4.78 is 19.2. The van der Waals surface area contributed by atoms with Gasteiger partial charge in [0.05, 0.1) is 35.7 Å². The quantitative estimate of drug-likeness (QED) is 0.478. The lowest BCUT2D eigenvalue weighted by Gasteiger charge is -2.30. The lowest BCUT2D eigenvalue weighted by atomic mass is 10.0. The van der Waals surface area contributed by atoms with Crippen LogP contribution in [0.2, 0.25) is 0 Å². The van der Waals surface area contributed by atoms with Gasteiger partial charge in [-0.1, -0.05) is 11.2 Å². The third kappa shape index (κ3) is 3.11. The van der Waals surface area contributed by atoms with Gasteiger partial charge in [0, 0.05) is 24.8 Å². The maximum atomic E-state index is 13.6. The van der Waals surface area contributed by atoms with Gasteiger partial charge in [-0.2, -0.15) is 0 Å². The molecule has 0 N–H and O–H groups in total. The van der Waals surface area contributed by atoms with E-state index in [1.165, 1.54) is 0 Å². The van der Waals surface area contributed by atoms with Crippen LogP contribution >= 0.6 is 0 Å². The summed E-state index contributed by atoms with van der Waals surface area (Å²) in [4.78, 5) is 24.7. The summed E-state index contributed by atoms with van der Waals surface area (Å²) in [5.41, 5.74) is 4.88. The van der Waals surface area contributed by atoms with Crippen molar-refractivity contribution in [2.45, 2.75) is 19.9 Å². The van der Waals surface area contributed by atoms with Gasteiger partial charge < -0.3 is 23.5 Å². The first kappa shape index (κ1) is 19.9. The molecular weight excluding hydrogens is 422 g/mol. The van der Waals surface area contributed by atoms with Gasteiger partial charge in [0.1, 0.15) is 23.9 Å². The van der Waals surface area contributed by atoms with Crippen molar-refractivity contribution in [1.82, 2.24) is 24.6 Å². The van der Waals surface area contributed by atoms with E-state index in [1.807, 2.05) is 48.7 Å². The van der Waals surface area contributed by atoms with Gasteiger partial charge in [0.25, 0.3) is 5.91 Å². The molecule has 0 bridgehead atoms. The molecule has 2 aliphatic rings. The number of pyridine rings is 1. The number of carbonyl (C=O) groups excluding carboxylic acids is 1. The normalized spacial score (nSPS) is 17.9. The van der Waals surface area contributed by atoms with Crippen LogP contribution in [-0.2, 0) is 4.74 Å². The Morgan fingerprint density at radius 2 is 1.97 bits per heavy atom. The van der Waals surface area contributed by atoms with Gasteiger partial charge in [0.15, 0.2) is 5.75 Å². The summed E-state index contributed by atoms with van der Waals surface area (Å²) >= 11 is 0. The molecule has 1 amide bonds. The Bertz CT molecular complexity index is 1330. The molecule has 168 valence electrons. The zero-order valence-electron chi connectivity index (χ0n) is 18.4. The van der Waals surface area contributed by atoms with Gasteiger partial charge in [-0.05, 0) is 38.1 Å². The number of aryl methyl sites for hydroxylation is 2. The summed E-state index contributed by atoms with van der Waals surface area (Å²) in [6, 6.07) is 9.38. The van der Waals surface area contributed by atoms with Crippen molar-refractivity contribution in [3.05, 3.63) is 59.5 Å². The predicted molar refractivity (Wildman–Crippen MR) is 119 cm³/mol. The first-order valence-corrected chi connectivity index (χ1v) is 11.0. The SMILES string of the molecule is Cc1noc(C)c1-c1ccc2nc(C(=O)N3CCOCC3)n3c2c1OC[C@@H]3c1ccccn1. The molecule has 1 saturated heterocycles. The average molecular weight is 445 g/mol. The maximum absolute atomic E-state index is 13.6. The second-order valence-corrected chi connectivity index (χ2v) is 8.30. The zero-order chi connectivity index (χ0) is 22.5. The van der Waals surface area contributed by atoms with Crippen molar-refractivity contribution < 1.29 is 18.8 Å². The van der Waals surface area contributed by atoms with Crippen molar-refractivity contribution in [2.24, 2.45) is 0 Å². The third-order valence-electron chi connectivity index (χ3n) is 6.32. The van der Waals surface area contributed by atoms with Crippen LogP contribution in [0.1, 0.15) is 33.8 Å². The van der Waals surface area contributed by atoms with Crippen molar-refractivity contribution in [3.8, 4) is 16.9 Å². The predicted octanol–water partition coefficient (Wildman–Crippen LogP) is 3.16. The van der Waals surface area contributed by atoms with Gasteiger partial charge in [-0.15, -0.1) is 0 Å². The molecule has 1 fully saturated rings. The van der Waals surface area contributed by atoms with E-state index in [4.69, 9.17) is 19.0 Å².